The molecule has 43 heavy (non-hydrogen) atoms. The van der Waals surface area contributed by atoms with Crippen molar-refractivity contribution in [1.29, 1.82) is 0 Å². The number of aromatic nitrogens is 5. The fourth-order valence-corrected chi connectivity index (χ4v) is 4.55. The van der Waals surface area contributed by atoms with Crippen molar-refractivity contribution in [3.63, 3.8) is 0 Å². The molecule has 2 heterocycles. The molecule has 3 aromatic carbocycles. The Labute approximate surface area is 248 Å². The Morgan fingerprint density at radius 1 is 0.907 bits per heavy atom. The molecule has 7 nitrogen and oxygen atoms in total. The molecule has 0 aliphatic rings. The summed E-state index contributed by atoms with van der Waals surface area (Å²) >= 11 is 5.91. The molecule has 0 amide bonds. The van der Waals surface area contributed by atoms with E-state index in [1.807, 2.05) is 12.1 Å². The summed E-state index contributed by atoms with van der Waals surface area (Å²) in [5.74, 6) is -0.815. The molecule has 2 aromatic heterocycles. The van der Waals surface area contributed by atoms with Gasteiger partial charge in [-0.2, -0.15) is 8.78 Å². The Hall–Kier alpha value is -4.63. The summed E-state index contributed by atoms with van der Waals surface area (Å²) in [5, 5.41) is 32.6. The molecule has 0 fully saturated rings. The highest BCUT2D eigenvalue weighted by Crippen LogP contribution is 2.46. The van der Waals surface area contributed by atoms with Gasteiger partial charge in [-0.15, -0.1) is 5.10 Å². The van der Waals surface area contributed by atoms with Gasteiger partial charge >= 0.3 is 5.92 Å². The number of hydrogen-bond donors (Lipinski definition) is 2. The Balaban J connectivity index is 1.34. The molecule has 0 saturated carbocycles. The maximum Gasteiger partial charge on any atom is 0.323 e. The quantitative estimate of drug-likeness (QED) is 0.182. The Bertz CT molecular complexity index is 1760. The number of pyridine rings is 1. The third-order valence-electron chi connectivity index (χ3n) is 6.75. The Morgan fingerprint density at radius 2 is 1.60 bits per heavy atom. The fourth-order valence-electron chi connectivity index (χ4n) is 4.43. The monoisotopic (exact) mass is 607 g/mol. The summed E-state index contributed by atoms with van der Waals surface area (Å²) in [6, 6.07) is 18.3. The van der Waals surface area contributed by atoms with Gasteiger partial charge in [0.15, 0.2) is 5.60 Å². The van der Waals surface area contributed by atoms with Crippen LogP contribution in [0.1, 0.15) is 39.6 Å². The van der Waals surface area contributed by atoms with E-state index in [0.717, 1.165) is 41.0 Å². The van der Waals surface area contributed by atoms with Crippen molar-refractivity contribution in [1.82, 2.24) is 25.2 Å². The van der Waals surface area contributed by atoms with E-state index in [-0.39, 0.29) is 0 Å². The van der Waals surface area contributed by atoms with Crippen molar-refractivity contribution < 1.29 is 27.8 Å². The first-order valence-electron chi connectivity index (χ1n) is 12.8. The Morgan fingerprint density at radius 3 is 2.23 bits per heavy atom. The number of alkyl halides is 2. The first-order valence-corrected chi connectivity index (χ1v) is 13.2. The van der Waals surface area contributed by atoms with Crippen molar-refractivity contribution >= 4 is 11.6 Å². The zero-order valence-corrected chi connectivity index (χ0v) is 22.9. The van der Waals surface area contributed by atoms with Crippen molar-refractivity contribution in [3.8, 4) is 11.8 Å². The van der Waals surface area contributed by atoms with E-state index in [1.165, 1.54) is 6.07 Å². The van der Waals surface area contributed by atoms with Gasteiger partial charge < -0.3 is 10.2 Å². The summed E-state index contributed by atoms with van der Waals surface area (Å²) in [6.45, 7) is -0.955. The zero-order chi connectivity index (χ0) is 30.6. The van der Waals surface area contributed by atoms with Crippen LogP contribution < -0.4 is 0 Å². The van der Waals surface area contributed by atoms with Crippen LogP contribution in [0.15, 0.2) is 91.4 Å². The minimum Gasteiger partial charge on any atom is -0.388 e. The van der Waals surface area contributed by atoms with E-state index in [4.69, 9.17) is 11.6 Å². The summed E-state index contributed by atoms with van der Waals surface area (Å²) in [7, 11) is 0. The van der Waals surface area contributed by atoms with E-state index < -0.39 is 47.1 Å². The standard InChI is InChI=1S/C31H22ClF4N5O2/c32-24-10-5-21(6-11-24)15-28(42)23-8-3-20(4-9-23)1-2-22-7-14-29(37-17-22)31(35,36)30(43,18-41-19-38-39-40-41)26-13-12-25(33)16-27(26)34/h3-14,16-17,19,28,42-43H,15,18H2. The largest absolute Gasteiger partial charge is 0.388 e. The second-order valence-corrected chi connectivity index (χ2v) is 10.2. The fraction of sp³-hybridized carbons (Fsp3) is 0.161. The molecule has 2 N–H and O–H groups in total. The van der Waals surface area contributed by atoms with E-state index in [9.17, 15) is 19.0 Å². The summed E-state index contributed by atoms with van der Waals surface area (Å²) in [5.41, 5.74) is -2.44. The van der Waals surface area contributed by atoms with Crippen molar-refractivity contribution in [2.24, 2.45) is 0 Å². The Kier molecular flexibility index (Phi) is 8.54. The predicted molar refractivity (Wildman–Crippen MR) is 149 cm³/mol. The van der Waals surface area contributed by atoms with Crippen LogP contribution in [0.4, 0.5) is 17.6 Å². The highest BCUT2D eigenvalue weighted by molar-refractivity contribution is 6.30. The van der Waals surface area contributed by atoms with Gasteiger partial charge in [0.05, 0.1) is 12.6 Å². The molecule has 0 aliphatic carbocycles. The molecule has 0 spiro atoms. The van der Waals surface area contributed by atoms with Crippen molar-refractivity contribution in [3.05, 3.63) is 142 Å². The summed E-state index contributed by atoms with van der Waals surface area (Å²) < 4.78 is 60.8. The van der Waals surface area contributed by atoms with Gasteiger partial charge in [0.2, 0.25) is 0 Å². The lowest BCUT2D eigenvalue weighted by Crippen LogP contribution is -2.48. The molecule has 0 radical (unpaired) electrons. The average Bonchev–Trinajstić information content (AvgIpc) is 3.50. The van der Waals surface area contributed by atoms with Crippen LogP contribution in [0.3, 0.4) is 0 Å². The highest BCUT2D eigenvalue weighted by Gasteiger charge is 2.58. The van der Waals surface area contributed by atoms with E-state index in [1.54, 1.807) is 36.4 Å². The van der Waals surface area contributed by atoms with E-state index >= 15 is 8.78 Å². The number of hydrogen-bond acceptors (Lipinski definition) is 6. The molecule has 12 heteroatoms. The molecule has 5 aromatic rings. The van der Waals surface area contributed by atoms with Gasteiger partial charge in [-0.3, -0.25) is 4.98 Å². The van der Waals surface area contributed by atoms with Crippen LogP contribution in [0.2, 0.25) is 5.02 Å². The first-order chi connectivity index (χ1) is 20.5. The first kappa shape index (κ1) is 29.8. The molecule has 0 bridgehead atoms. The number of nitrogens with zero attached hydrogens (tertiary/aromatic N) is 5. The SMILES string of the molecule is OC(Cc1ccc(Cl)cc1)c1ccc(C#Cc2ccc(C(F)(F)C(O)(Cn3cnnn3)c3ccc(F)cc3F)nc2)cc1. The third kappa shape index (κ3) is 6.57. The molecule has 5 rings (SSSR count). The normalized spacial score (nSPS) is 13.6. The van der Waals surface area contributed by atoms with Gasteiger partial charge in [0.1, 0.15) is 23.7 Å². The second-order valence-electron chi connectivity index (χ2n) is 9.72. The summed E-state index contributed by atoms with van der Waals surface area (Å²) in [4.78, 5) is 3.80. The predicted octanol–water partition coefficient (Wildman–Crippen LogP) is 5.36. The second kappa shape index (κ2) is 12.3. The third-order valence-corrected chi connectivity index (χ3v) is 7.00. The zero-order valence-electron chi connectivity index (χ0n) is 22.2. The highest BCUT2D eigenvalue weighted by atomic mass is 35.5. The van der Waals surface area contributed by atoms with Crippen LogP contribution in [0.5, 0.6) is 0 Å². The van der Waals surface area contributed by atoms with Crippen LogP contribution in [0.25, 0.3) is 0 Å². The van der Waals surface area contributed by atoms with Gasteiger partial charge in [-0.25, -0.2) is 13.5 Å². The molecule has 2 unspecified atom stereocenters. The molecular weight excluding hydrogens is 586 g/mol. The van der Waals surface area contributed by atoms with Crippen molar-refractivity contribution in [2.45, 2.75) is 30.6 Å². The van der Waals surface area contributed by atoms with Gasteiger partial charge in [-0.05, 0) is 70.1 Å². The summed E-state index contributed by atoms with van der Waals surface area (Å²) in [6.07, 6.45) is 1.74. The maximum absolute atomic E-state index is 15.9. The number of halogens is 5. The number of rotatable bonds is 8. The number of aliphatic hydroxyl groups is 2. The minimum atomic E-state index is -4.17. The maximum atomic E-state index is 15.9. The van der Waals surface area contributed by atoms with Crippen LogP contribution in [-0.4, -0.2) is 35.4 Å². The van der Waals surface area contributed by atoms with Gasteiger partial charge in [0.25, 0.3) is 0 Å². The van der Waals surface area contributed by atoms with Crippen molar-refractivity contribution in [2.75, 3.05) is 0 Å². The van der Waals surface area contributed by atoms with E-state index in [2.05, 4.69) is 32.4 Å². The molecule has 0 aliphatic heterocycles. The molecule has 218 valence electrons. The lowest BCUT2D eigenvalue weighted by atomic mass is 9.84. The van der Waals surface area contributed by atoms with Crippen LogP contribution >= 0.6 is 11.6 Å². The van der Waals surface area contributed by atoms with Crippen LogP contribution in [0, 0.1) is 23.5 Å². The van der Waals surface area contributed by atoms with Crippen LogP contribution in [-0.2, 0) is 24.5 Å². The van der Waals surface area contributed by atoms with Gasteiger partial charge in [0, 0.05) is 40.4 Å². The lowest BCUT2D eigenvalue weighted by Gasteiger charge is -2.35. The van der Waals surface area contributed by atoms with Gasteiger partial charge in [-0.1, -0.05) is 47.7 Å². The molecule has 0 saturated heterocycles. The lowest BCUT2D eigenvalue weighted by molar-refractivity contribution is -0.207. The number of tetrazole rings is 1. The smallest absolute Gasteiger partial charge is 0.323 e. The average molecular weight is 608 g/mol. The number of aliphatic hydroxyl groups excluding tert-OH is 1. The molecular formula is C31H22ClF4N5O2. The topological polar surface area (TPSA) is 97.0 Å². The minimum absolute atomic E-state index is 0.295. The molecule has 2 atom stereocenters. The number of benzene rings is 3. The van der Waals surface area contributed by atoms with E-state index in [0.29, 0.717) is 34.2 Å².